The van der Waals surface area contributed by atoms with Crippen LogP contribution in [0.5, 0.6) is 0 Å². The van der Waals surface area contributed by atoms with Crippen LogP contribution in [0.1, 0.15) is 30.1 Å². The summed E-state index contributed by atoms with van der Waals surface area (Å²) >= 11 is 7.68. The SMILES string of the molecule is C[C@H]1[C@H](NC(=O)c2ccc(Sc3cccc(Cl)c3)cc2)C2CCN1CC2. The molecule has 2 aromatic rings. The Morgan fingerprint density at radius 1 is 1.12 bits per heavy atom. The van der Waals surface area contributed by atoms with Gasteiger partial charge in [0.1, 0.15) is 0 Å². The molecule has 5 rings (SSSR count). The number of rotatable bonds is 4. The average molecular weight is 387 g/mol. The normalized spacial score (nSPS) is 27.3. The fourth-order valence-corrected chi connectivity index (χ4v) is 5.25. The number of hydrogen-bond acceptors (Lipinski definition) is 3. The molecule has 3 aliphatic heterocycles. The molecule has 136 valence electrons. The van der Waals surface area contributed by atoms with Gasteiger partial charge in [-0.25, -0.2) is 0 Å². The predicted octanol–water partition coefficient (Wildman–Crippen LogP) is 4.70. The minimum absolute atomic E-state index is 0.0369. The van der Waals surface area contributed by atoms with E-state index >= 15 is 0 Å². The molecule has 3 saturated heterocycles. The zero-order valence-corrected chi connectivity index (χ0v) is 16.4. The molecule has 0 aromatic heterocycles. The number of nitrogens with zero attached hydrogens (tertiary/aromatic N) is 1. The largest absolute Gasteiger partial charge is 0.347 e. The number of amides is 1. The maximum Gasteiger partial charge on any atom is 0.251 e. The van der Waals surface area contributed by atoms with Crippen LogP contribution < -0.4 is 5.32 Å². The third-order valence-corrected chi connectivity index (χ3v) is 6.86. The Labute approximate surface area is 164 Å². The average Bonchev–Trinajstić information content (AvgIpc) is 2.65. The highest BCUT2D eigenvalue weighted by atomic mass is 35.5. The molecule has 3 fully saturated rings. The molecule has 2 atom stereocenters. The highest BCUT2D eigenvalue weighted by Gasteiger charge is 2.40. The Morgan fingerprint density at radius 3 is 2.50 bits per heavy atom. The predicted molar refractivity (Wildman–Crippen MR) is 107 cm³/mol. The molecule has 3 nitrogen and oxygen atoms in total. The molecule has 2 aromatic carbocycles. The lowest BCUT2D eigenvalue weighted by atomic mass is 9.79. The van der Waals surface area contributed by atoms with E-state index < -0.39 is 0 Å². The second kappa shape index (κ2) is 7.63. The topological polar surface area (TPSA) is 32.3 Å². The number of carbonyl (C=O) groups is 1. The molecule has 0 saturated carbocycles. The van der Waals surface area contributed by atoms with Gasteiger partial charge >= 0.3 is 0 Å². The van der Waals surface area contributed by atoms with E-state index in [-0.39, 0.29) is 11.9 Å². The minimum Gasteiger partial charge on any atom is -0.347 e. The molecule has 1 amide bonds. The Morgan fingerprint density at radius 2 is 1.85 bits per heavy atom. The van der Waals surface area contributed by atoms with Crippen LogP contribution in [0.4, 0.5) is 0 Å². The molecule has 2 bridgehead atoms. The number of benzene rings is 2. The zero-order valence-electron chi connectivity index (χ0n) is 14.8. The van der Waals surface area contributed by atoms with Gasteiger partial charge in [0.2, 0.25) is 0 Å². The molecule has 1 N–H and O–H groups in total. The lowest BCUT2D eigenvalue weighted by Gasteiger charge is -2.49. The third kappa shape index (κ3) is 3.78. The molecule has 0 spiro atoms. The van der Waals surface area contributed by atoms with E-state index in [1.54, 1.807) is 11.8 Å². The molecule has 5 heteroatoms. The standard InChI is InChI=1S/C21H23ClN2OS/c1-14-20(15-9-11-24(14)12-10-15)23-21(25)16-5-7-18(8-6-16)26-19-4-2-3-17(22)13-19/h2-8,13-15,20H,9-12H2,1H3,(H,23,25)/t14-,20-/m0/s1. The van der Waals surface area contributed by atoms with Gasteiger partial charge in [-0.3, -0.25) is 9.69 Å². The first kappa shape index (κ1) is 17.9. The molecule has 3 aliphatic rings. The van der Waals surface area contributed by atoms with E-state index in [9.17, 15) is 4.79 Å². The molecular formula is C21H23ClN2OS. The molecular weight excluding hydrogens is 364 g/mol. The van der Waals surface area contributed by atoms with E-state index in [4.69, 9.17) is 11.6 Å². The smallest absolute Gasteiger partial charge is 0.251 e. The van der Waals surface area contributed by atoms with E-state index in [1.807, 2.05) is 48.5 Å². The van der Waals surface area contributed by atoms with E-state index in [0.29, 0.717) is 12.0 Å². The van der Waals surface area contributed by atoms with Gasteiger partial charge in [0.25, 0.3) is 5.91 Å². The second-order valence-corrected chi connectivity index (χ2v) is 8.78. The fraction of sp³-hybridized carbons (Fsp3) is 0.381. The van der Waals surface area contributed by atoms with Crippen molar-refractivity contribution in [1.29, 1.82) is 0 Å². The summed E-state index contributed by atoms with van der Waals surface area (Å²) in [6.07, 6.45) is 2.40. The van der Waals surface area contributed by atoms with Crippen LogP contribution in [-0.4, -0.2) is 36.0 Å². The Hall–Kier alpha value is -1.49. The van der Waals surface area contributed by atoms with Crippen molar-refractivity contribution in [3.63, 3.8) is 0 Å². The summed E-state index contributed by atoms with van der Waals surface area (Å²) in [4.78, 5) is 17.4. The van der Waals surface area contributed by atoms with Crippen LogP contribution in [0.3, 0.4) is 0 Å². The van der Waals surface area contributed by atoms with Crippen molar-refractivity contribution in [2.75, 3.05) is 13.1 Å². The van der Waals surface area contributed by atoms with Crippen molar-refractivity contribution in [3.8, 4) is 0 Å². The van der Waals surface area contributed by atoms with Crippen LogP contribution >= 0.6 is 23.4 Å². The summed E-state index contributed by atoms with van der Waals surface area (Å²) in [7, 11) is 0. The zero-order chi connectivity index (χ0) is 18.1. The van der Waals surface area contributed by atoms with Crippen LogP contribution in [0.2, 0.25) is 5.02 Å². The Balaban J connectivity index is 1.41. The quantitative estimate of drug-likeness (QED) is 0.826. The van der Waals surface area contributed by atoms with Gasteiger partial charge in [0.15, 0.2) is 0 Å². The van der Waals surface area contributed by atoms with Crippen LogP contribution in [-0.2, 0) is 0 Å². The van der Waals surface area contributed by atoms with E-state index in [0.717, 1.165) is 20.4 Å². The Kier molecular flexibility index (Phi) is 5.25. The Bertz CT molecular complexity index is 785. The van der Waals surface area contributed by atoms with Gasteiger partial charge in [0.05, 0.1) is 0 Å². The second-order valence-electron chi connectivity index (χ2n) is 7.20. The summed E-state index contributed by atoms with van der Waals surface area (Å²) in [5.74, 6) is 0.659. The van der Waals surface area contributed by atoms with Gasteiger partial charge in [0, 0.05) is 32.5 Å². The molecule has 0 radical (unpaired) electrons. The van der Waals surface area contributed by atoms with E-state index in [2.05, 4.69) is 17.1 Å². The maximum absolute atomic E-state index is 12.7. The van der Waals surface area contributed by atoms with E-state index in [1.165, 1.54) is 25.9 Å². The van der Waals surface area contributed by atoms with Gasteiger partial charge in [-0.15, -0.1) is 0 Å². The molecule has 0 unspecified atom stereocenters. The molecule has 0 aliphatic carbocycles. The highest BCUT2D eigenvalue weighted by molar-refractivity contribution is 7.99. The summed E-state index contributed by atoms with van der Waals surface area (Å²) in [5, 5.41) is 4.02. The van der Waals surface area contributed by atoms with Crippen LogP contribution in [0, 0.1) is 5.92 Å². The van der Waals surface area contributed by atoms with Crippen molar-refractivity contribution in [2.45, 2.75) is 41.6 Å². The van der Waals surface area contributed by atoms with Crippen molar-refractivity contribution < 1.29 is 4.79 Å². The van der Waals surface area contributed by atoms with Gasteiger partial charge in [-0.2, -0.15) is 0 Å². The maximum atomic E-state index is 12.7. The number of halogens is 1. The number of fused-ring (bicyclic) bond motifs is 3. The van der Waals surface area contributed by atoms with Crippen molar-refractivity contribution >= 4 is 29.3 Å². The summed E-state index contributed by atoms with van der Waals surface area (Å²) in [6, 6.07) is 16.3. The number of nitrogens with one attached hydrogen (secondary N) is 1. The van der Waals surface area contributed by atoms with Crippen molar-refractivity contribution in [1.82, 2.24) is 10.2 Å². The summed E-state index contributed by atoms with van der Waals surface area (Å²) in [6.45, 7) is 4.59. The monoisotopic (exact) mass is 386 g/mol. The van der Waals surface area contributed by atoms with Gasteiger partial charge < -0.3 is 5.32 Å². The van der Waals surface area contributed by atoms with Crippen LogP contribution in [0.15, 0.2) is 58.3 Å². The first-order chi connectivity index (χ1) is 12.6. The highest BCUT2D eigenvalue weighted by Crippen LogP contribution is 2.33. The molecule has 3 heterocycles. The van der Waals surface area contributed by atoms with Gasteiger partial charge in [-0.1, -0.05) is 29.4 Å². The fourth-order valence-electron chi connectivity index (χ4n) is 4.12. The number of hydrogen-bond donors (Lipinski definition) is 1. The summed E-state index contributed by atoms with van der Waals surface area (Å²) in [5.41, 5.74) is 0.726. The van der Waals surface area contributed by atoms with Crippen molar-refractivity contribution in [3.05, 3.63) is 59.1 Å². The summed E-state index contributed by atoms with van der Waals surface area (Å²) < 4.78 is 0. The first-order valence-corrected chi connectivity index (χ1v) is 10.4. The lowest BCUT2D eigenvalue weighted by molar-refractivity contribution is 0.0217. The number of carbonyl (C=O) groups excluding carboxylic acids is 1. The van der Waals surface area contributed by atoms with Crippen LogP contribution in [0.25, 0.3) is 0 Å². The third-order valence-electron chi connectivity index (χ3n) is 5.62. The molecule has 26 heavy (non-hydrogen) atoms. The van der Waals surface area contributed by atoms with Gasteiger partial charge in [-0.05, 0) is 81.2 Å². The first-order valence-electron chi connectivity index (χ1n) is 9.18. The minimum atomic E-state index is 0.0369. The van der Waals surface area contributed by atoms with Crippen molar-refractivity contribution in [2.24, 2.45) is 5.92 Å². The number of piperidine rings is 3. The lowest BCUT2D eigenvalue weighted by Crippen LogP contribution is -2.62.